The van der Waals surface area contributed by atoms with Gasteiger partial charge < -0.3 is 0 Å². The first-order chi connectivity index (χ1) is 5.24. The second-order valence-corrected chi connectivity index (χ2v) is 3.77. The lowest BCUT2D eigenvalue weighted by Gasteiger charge is -2.10. The van der Waals surface area contributed by atoms with Gasteiger partial charge in [0.15, 0.2) is 5.78 Å². The van der Waals surface area contributed by atoms with Gasteiger partial charge in [0.2, 0.25) is 0 Å². The van der Waals surface area contributed by atoms with Crippen LogP contribution >= 0.6 is 11.8 Å². The molecule has 1 aliphatic rings. The second-order valence-electron chi connectivity index (χ2n) is 2.38. The molecule has 1 N–H and O–H groups in total. The normalized spacial score (nSPS) is 18.5. The van der Waals surface area contributed by atoms with Crippen molar-refractivity contribution in [2.75, 3.05) is 5.75 Å². The van der Waals surface area contributed by atoms with Crippen LogP contribution in [0.1, 0.15) is 19.8 Å². The van der Waals surface area contributed by atoms with Crippen LogP contribution in [-0.4, -0.2) is 17.2 Å². The van der Waals surface area contributed by atoms with Crippen LogP contribution in [0.5, 0.6) is 0 Å². The fourth-order valence-corrected chi connectivity index (χ4v) is 1.80. The van der Waals surface area contributed by atoms with Gasteiger partial charge in [-0.3, -0.25) is 10.2 Å². The standard InChI is InChI=1S/C8H11NOS/c1-2-11-6-3-4-8(10)7(9)5-6/h5,9H,2-4H2,1H3. The van der Waals surface area contributed by atoms with Crippen LogP contribution in [0, 0.1) is 5.41 Å². The first kappa shape index (κ1) is 8.53. The molecular weight excluding hydrogens is 158 g/mol. The number of nitrogens with one attached hydrogen (secondary N) is 1. The van der Waals surface area contributed by atoms with E-state index in [0.29, 0.717) is 6.42 Å². The Morgan fingerprint density at radius 2 is 2.36 bits per heavy atom. The molecule has 0 radical (unpaired) electrons. The van der Waals surface area contributed by atoms with E-state index in [1.807, 2.05) is 0 Å². The summed E-state index contributed by atoms with van der Waals surface area (Å²) in [7, 11) is 0. The number of ketones is 1. The molecule has 0 atom stereocenters. The quantitative estimate of drug-likeness (QED) is 0.687. The molecule has 11 heavy (non-hydrogen) atoms. The highest BCUT2D eigenvalue weighted by molar-refractivity contribution is 8.03. The van der Waals surface area contributed by atoms with E-state index in [1.165, 1.54) is 4.91 Å². The zero-order valence-corrected chi connectivity index (χ0v) is 7.33. The molecule has 0 spiro atoms. The predicted molar refractivity (Wildman–Crippen MR) is 48.2 cm³/mol. The van der Waals surface area contributed by atoms with Gasteiger partial charge in [-0.05, 0) is 23.2 Å². The van der Waals surface area contributed by atoms with E-state index in [-0.39, 0.29) is 11.5 Å². The molecular formula is C8H11NOS. The first-order valence-electron chi connectivity index (χ1n) is 3.69. The summed E-state index contributed by atoms with van der Waals surface area (Å²) < 4.78 is 0. The summed E-state index contributed by atoms with van der Waals surface area (Å²) in [4.78, 5) is 12.0. The lowest BCUT2D eigenvalue weighted by Crippen LogP contribution is -2.14. The second kappa shape index (κ2) is 3.72. The van der Waals surface area contributed by atoms with Gasteiger partial charge in [0.05, 0.1) is 5.71 Å². The van der Waals surface area contributed by atoms with Crippen LogP contribution in [0.25, 0.3) is 0 Å². The van der Waals surface area contributed by atoms with E-state index >= 15 is 0 Å². The van der Waals surface area contributed by atoms with E-state index in [4.69, 9.17) is 5.41 Å². The summed E-state index contributed by atoms with van der Waals surface area (Å²) in [6.07, 6.45) is 3.05. The number of hydrogen-bond acceptors (Lipinski definition) is 3. The largest absolute Gasteiger partial charge is 0.297 e. The number of carbonyl (C=O) groups excluding carboxylic acids is 1. The van der Waals surface area contributed by atoms with Crippen LogP contribution in [0.3, 0.4) is 0 Å². The molecule has 0 aromatic rings. The van der Waals surface area contributed by atoms with Crippen LogP contribution < -0.4 is 0 Å². The van der Waals surface area contributed by atoms with Gasteiger partial charge in [0.1, 0.15) is 0 Å². The topological polar surface area (TPSA) is 40.9 Å². The molecule has 0 amide bonds. The third kappa shape index (κ3) is 2.19. The molecule has 60 valence electrons. The lowest BCUT2D eigenvalue weighted by atomic mass is 10.0. The summed E-state index contributed by atoms with van der Waals surface area (Å²) in [6, 6.07) is 0. The molecule has 0 unspecified atom stereocenters. The molecule has 0 aromatic heterocycles. The Labute approximate surface area is 70.6 Å². The Morgan fingerprint density at radius 1 is 1.64 bits per heavy atom. The summed E-state index contributed by atoms with van der Waals surface area (Å²) in [5.41, 5.74) is 0.173. The zero-order chi connectivity index (χ0) is 8.27. The minimum absolute atomic E-state index is 0.0227. The molecule has 0 fully saturated rings. The molecule has 0 bridgehead atoms. The van der Waals surface area contributed by atoms with Crippen molar-refractivity contribution < 1.29 is 4.79 Å². The van der Waals surface area contributed by atoms with Crippen molar-refractivity contribution in [2.24, 2.45) is 0 Å². The molecule has 0 aliphatic heterocycles. The van der Waals surface area contributed by atoms with Crippen molar-refractivity contribution in [2.45, 2.75) is 19.8 Å². The maximum absolute atomic E-state index is 10.9. The molecule has 1 aliphatic carbocycles. The number of thioether (sulfide) groups is 1. The van der Waals surface area contributed by atoms with Crippen LogP contribution in [0.2, 0.25) is 0 Å². The molecule has 1 rings (SSSR count). The summed E-state index contributed by atoms with van der Waals surface area (Å²) in [5, 5.41) is 7.26. The third-order valence-corrected chi connectivity index (χ3v) is 2.52. The van der Waals surface area contributed by atoms with Crippen molar-refractivity contribution in [3.8, 4) is 0 Å². The Hall–Kier alpha value is -0.570. The van der Waals surface area contributed by atoms with Crippen LogP contribution in [0.4, 0.5) is 0 Å². The van der Waals surface area contributed by atoms with Crippen molar-refractivity contribution >= 4 is 23.3 Å². The molecule has 0 heterocycles. The monoisotopic (exact) mass is 169 g/mol. The Morgan fingerprint density at radius 3 is 2.91 bits per heavy atom. The van der Waals surface area contributed by atoms with Crippen LogP contribution in [0.15, 0.2) is 11.0 Å². The number of allylic oxidation sites excluding steroid dienone is 2. The van der Waals surface area contributed by atoms with E-state index in [9.17, 15) is 4.79 Å². The summed E-state index contributed by atoms with van der Waals surface area (Å²) in [5.74, 6) is 0.998. The van der Waals surface area contributed by atoms with E-state index < -0.39 is 0 Å². The lowest BCUT2D eigenvalue weighted by molar-refractivity contribution is -0.113. The van der Waals surface area contributed by atoms with E-state index in [0.717, 1.165) is 12.2 Å². The molecule has 3 heteroatoms. The van der Waals surface area contributed by atoms with Gasteiger partial charge in [0.25, 0.3) is 0 Å². The Bertz CT molecular complexity index is 220. The zero-order valence-electron chi connectivity index (χ0n) is 6.52. The van der Waals surface area contributed by atoms with Crippen molar-refractivity contribution in [1.82, 2.24) is 0 Å². The van der Waals surface area contributed by atoms with Crippen molar-refractivity contribution in [3.05, 3.63) is 11.0 Å². The SMILES string of the molecule is CCSC1=CC(=N)C(=O)CC1. The highest BCUT2D eigenvalue weighted by Crippen LogP contribution is 2.24. The number of hydrogen-bond donors (Lipinski definition) is 1. The number of rotatable bonds is 2. The maximum Gasteiger partial charge on any atom is 0.180 e. The number of carbonyl (C=O) groups is 1. The fourth-order valence-electron chi connectivity index (χ4n) is 0.984. The average molecular weight is 169 g/mol. The van der Waals surface area contributed by atoms with Gasteiger partial charge in [-0.25, -0.2) is 0 Å². The summed E-state index contributed by atoms with van der Waals surface area (Å²) in [6.45, 7) is 2.07. The highest BCUT2D eigenvalue weighted by atomic mass is 32.2. The van der Waals surface area contributed by atoms with Crippen molar-refractivity contribution in [3.63, 3.8) is 0 Å². The van der Waals surface area contributed by atoms with Gasteiger partial charge in [-0.1, -0.05) is 6.92 Å². The molecule has 0 aromatic carbocycles. The predicted octanol–water partition coefficient (Wildman–Crippen LogP) is 2.01. The van der Waals surface area contributed by atoms with Crippen molar-refractivity contribution in [1.29, 1.82) is 5.41 Å². The third-order valence-electron chi connectivity index (χ3n) is 1.53. The molecule has 2 nitrogen and oxygen atoms in total. The van der Waals surface area contributed by atoms with Crippen LogP contribution in [-0.2, 0) is 4.79 Å². The fraction of sp³-hybridized carbons (Fsp3) is 0.500. The highest BCUT2D eigenvalue weighted by Gasteiger charge is 2.14. The van der Waals surface area contributed by atoms with Gasteiger partial charge >= 0.3 is 0 Å². The van der Waals surface area contributed by atoms with Gasteiger partial charge in [-0.2, -0.15) is 0 Å². The smallest absolute Gasteiger partial charge is 0.180 e. The Balaban J connectivity index is 2.63. The number of Topliss-reactive ketones (excluding diaryl/α,β-unsaturated/α-hetero) is 1. The Kier molecular flexibility index (Phi) is 2.88. The van der Waals surface area contributed by atoms with Gasteiger partial charge in [-0.15, -0.1) is 11.8 Å². The summed E-state index contributed by atoms with van der Waals surface area (Å²) >= 11 is 1.73. The minimum Gasteiger partial charge on any atom is -0.297 e. The van der Waals surface area contributed by atoms with Gasteiger partial charge in [0, 0.05) is 6.42 Å². The van der Waals surface area contributed by atoms with E-state index in [2.05, 4.69) is 6.92 Å². The molecule has 0 saturated heterocycles. The minimum atomic E-state index is -0.0227. The maximum atomic E-state index is 10.9. The average Bonchev–Trinajstić information content (AvgIpc) is 1.98. The first-order valence-corrected chi connectivity index (χ1v) is 4.67. The van der Waals surface area contributed by atoms with E-state index in [1.54, 1.807) is 17.8 Å². The molecule has 0 saturated carbocycles.